The molecule has 0 heterocycles. The molecule has 0 saturated heterocycles. The van der Waals surface area contributed by atoms with Gasteiger partial charge in [0.2, 0.25) is 15.9 Å². The minimum absolute atomic E-state index is 0.0477. The van der Waals surface area contributed by atoms with Gasteiger partial charge in [-0.2, -0.15) is 0 Å². The van der Waals surface area contributed by atoms with Gasteiger partial charge in [-0.25, -0.2) is 17.5 Å². The fourth-order valence-corrected chi connectivity index (χ4v) is 3.50. The maximum Gasteiger partial charge on any atom is 0.243 e. The molecule has 1 aromatic carbocycles. The van der Waals surface area contributed by atoms with Crippen LogP contribution in [-0.2, 0) is 14.8 Å². The summed E-state index contributed by atoms with van der Waals surface area (Å²) in [6.45, 7) is 2.96. The molecule has 0 aliphatic heterocycles. The molecule has 21 heavy (non-hydrogen) atoms. The zero-order chi connectivity index (χ0) is 16.4. The predicted molar refractivity (Wildman–Crippen MR) is 81.5 cm³/mol. The highest BCUT2D eigenvalue weighted by Crippen LogP contribution is 2.26. The first-order valence-electron chi connectivity index (χ1n) is 5.97. The normalized spacial score (nSPS) is 12.2. The Morgan fingerprint density at radius 1 is 1.43 bits per heavy atom. The maximum absolute atomic E-state index is 13.9. The van der Waals surface area contributed by atoms with Crippen LogP contribution in [0, 0.1) is 11.2 Å². The number of rotatable bonds is 5. The molecule has 0 saturated carbocycles. The summed E-state index contributed by atoms with van der Waals surface area (Å²) in [6.07, 6.45) is 0. The van der Waals surface area contributed by atoms with Gasteiger partial charge in [0.25, 0.3) is 0 Å². The van der Waals surface area contributed by atoms with Gasteiger partial charge in [-0.15, -0.1) is 0 Å². The number of anilines is 1. The second-order valence-corrected chi connectivity index (χ2v) is 7.69. The van der Waals surface area contributed by atoms with Crippen molar-refractivity contribution in [3.8, 4) is 0 Å². The van der Waals surface area contributed by atoms with Crippen LogP contribution in [0.2, 0.25) is 0 Å². The van der Waals surface area contributed by atoms with E-state index >= 15 is 0 Å². The maximum atomic E-state index is 13.9. The molecule has 0 fully saturated rings. The van der Waals surface area contributed by atoms with Crippen LogP contribution in [0.15, 0.2) is 21.5 Å². The standard InChI is InChI=1S/C12H17BrFN3O3S/c1-12(2,11(18)16-3)6-17-21(19,20)9-5-7(15)4-8(13)10(9)14/h4-5,17H,6,15H2,1-3H3,(H,16,18). The lowest BCUT2D eigenvalue weighted by molar-refractivity contribution is -0.128. The number of benzene rings is 1. The number of carbonyl (C=O) groups is 1. The molecule has 0 aliphatic carbocycles. The number of hydrogen-bond acceptors (Lipinski definition) is 4. The van der Waals surface area contributed by atoms with Gasteiger partial charge in [0.15, 0.2) is 5.82 Å². The molecule has 0 aromatic heterocycles. The fraction of sp³-hybridized carbons (Fsp3) is 0.417. The fourth-order valence-electron chi connectivity index (χ4n) is 1.55. The number of nitrogen functional groups attached to an aromatic ring is 1. The van der Waals surface area contributed by atoms with Gasteiger partial charge in [0.05, 0.1) is 9.89 Å². The van der Waals surface area contributed by atoms with Crippen LogP contribution in [-0.4, -0.2) is 27.9 Å². The van der Waals surface area contributed by atoms with E-state index in [9.17, 15) is 17.6 Å². The lowest BCUT2D eigenvalue weighted by Gasteiger charge is -2.22. The molecule has 0 spiro atoms. The molecule has 1 rings (SSSR count). The third kappa shape index (κ3) is 4.14. The van der Waals surface area contributed by atoms with Gasteiger partial charge >= 0.3 is 0 Å². The molecule has 9 heteroatoms. The molecule has 4 N–H and O–H groups in total. The first kappa shape index (κ1) is 17.9. The summed E-state index contributed by atoms with van der Waals surface area (Å²) in [5.74, 6) is -1.27. The first-order chi connectivity index (χ1) is 9.51. The van der Waals surface area contributed by atoms with E-state index in [1.165, 1.54) is 13.1 Å². The summed E-state index contributed by atoms with van der Waals surface area (Å²) in [5, 5.41) is 2.44. The van der Waals surface area contributed by atoms with Gasteiger partial charge in [0.1, 0.15) is 4.90 Å². The largest absolute Gasteiger partial charge is 0.399 e. The van der Waals surface area contributed by atoms with Crippen molar-refractivity contribution in [1.29, 1.82) is 0 Å². The molecule has 0 atom stereocenters. The quantitative estimate of drug-likeness (QED) is 0.667. The van der Waals surface area contributed by atoms with E-state index in [1.807, 2.05) is 0 Å². The molecular weight excluding hydrogens is 365 g/mol. The van der Waals surface area contributed by atoms with Crippen molar-refractivity contribution in [2.24, 2.45) is 5.41 Å². The number of carbonyl (C=O) groups excluding carboxylic acids is 1. The topological polar surface area (TPSA) is 101 Å². The van der Waals surface area contributed by atoms with E-state index in [2.05, 4.69) is 26.0 Å². The molecule has 118 valence electrons. The van der Waals surface area contributed by atoms with Crippen molar-refractivity contribution in [2.75, 3.05) is 19.3 Å². The summed E-state index contributed by atoms with van der Waals surface area (Å²) >= 11 is 2.90. The Balaban J connectivity index is 3.06. The van der Waals surface area contributed by atoms with Crippen LogP contribution in [0.5, 0.6) is 0 Å². The van der Waals surface area contributed by atoms with Crippen LogP contribution in [0.25, 0.3) is 0 Å². The minimum Gasteiger partial charge on any atom is -0.399 e. The lowest BCUT2D eigenvalue weighted by Crippen LogP contribution is -2.43. The van der Waals surface area contributed by atoms with Gasteiger partial charge < -0.3 is 11.1 Å². The Bertz CT molecular complexity index is 662. The van der Waals surface area contributed by atoms with Crippen molar-refractivity contribution in [1.82, 2.24) is 10.0 Å². The van der Waals surface area contributed by atoms with E-state index in [0.717, 1.165) is 6.07 Å². The Morgan fingerprint density at radius 2 is 2.00 bits per heavy atom. The van der Waals surface area contributed by atoms with Crippen molar-refractivity contribution < 1.29 is 17.6 Å². The molecule has 6 nitrogen and oxygen atoms in total. The third-order valence-electron chi connectivity index (χ3n) is 2.85. The SMILES string of the molecule is CNC(=O)C(C)(C)CNS(=O)(=O)c1cc(N)cc(Br)c1F. The van der Waals surface area contributed by atoms with E-state index in [-0.39, 0.29) is 22.6 Å². The number of sulfonamides is 1. The monoisotopic (exact) mass is 381 g/mol. The smallest absolute Gasteiger partial charge is 0.243 e. The highest BCUT2D eigenvalue weighted by atomic mass is 79.9. The summed E-state index contributed by atoms with van der Waals surface area (Å²) < 4.78 is 40.4. The number of amides is 1. The molecule has 0 bridgehead atoms. The Morgan fingerprint density at radius 3 is 2.52 bits per heavy atom. The lowest BCUT2D eigenvalue weighted by atomic mass is 9.93. The second-order valence-electron chi connectivity index (χ2n) is 5.10. The highest BCUT2D eigenvalue weighted by molar-refractivity contribution is 9.10. The Labute approximate surface area is 131 Å². The van der Waals surface area contributed by atoms with Crippen molar-refractivity contribution in [3.63, 3.8) is 0 Å². The van der Waals surface area contributed by atoms with Crippen LogP contribution < -0.4 is 15.8 Å². The number of halogens is 2. The van der Waals surface area contributed by atoms with Gasteiger partial charge in [-0.3, -0.25) is 4.79 Å². The Hall–Kier alpha value is -1.19. The molecule has 1 aromatic rings. The van der Waals surface area contributed by atoms with Crippen LogP contribution >= 0.6 is 15.9 Å². The zero-order valence-corrected chi connectivity index (χ0v) is 14.2. The summed E-state index contributed by atoms with van der Waals surface area (Å²) in [7, 11) is -2.67. The van der Waals surface area contributed by atoms with Crippen molar-refractivity contribution in [3.05, 3.63) is 22.4 Å². The van der Waals surface area contributed by atoms with Gasteiger partial charge in [0, 0.05) is 19.3 Å². The van der Waals surface area contributed by atoms with Gasteiger partial charge in [-0.05, 0) is 41.9 Å². The van der Waals surface area contributed by atoms with Gasteiger partial charge in [-0.1, -0.05) is 0 Å². The molecule has 1 amide bonds. The Kier molecular flexibility index (Phi) is 5.35. The van der Waals surface area contributed by atoms with Crippen LogP contribution in [0.1, 0.15) is 13.8 Å². The zero-order valence-electron chi connectivity index (χ0n) is 11.8. The average Bonchev–Trinajstić information content (AvgIpc) is 2.39. The number of nitrogens with one attached hydrogen (secondary N) is 2. The molecule has 0 radical (unpaired) electrons. The van der Waals surface area contributed by atoms with E-state index < -0.39 is 26.2 Å². The first-order valence-corrected chi connectivity index (χ1v) is 8.25. The highest BCUT2D eigenvalue weighted by Gasteiger charge is 2.30. The van der Waals surface area contributed by atoms with E-state index in [1.54, 1.807) is 13.8 Å². The number of hydrogen-bond donors (Lipinski definition) is 3. The molecular formula is C12H17BrFN3O3S. The van der Waals surface area contributed by atoms with E-state index in [0.29, 0.717) is 0 Å². The summed E-state index contributed by atoms with van der Waals surface area (Å²) in [4.78, 5) is 11.0. The van der Waals surface area contributed by atoms with Crippen LogP contribution in [0.3, 0.4) is 0 Å². The minimum atomic E-state index is -4.13. The number of nitrogens with two attached hydrogens (primary N) is 1. The molecule has 0 unspecified atom stereocenters. The van der Waals surface area contributed by atoms with Crippen LogP contribution in [0.4, 0.5) is 10.1 Å². The van der Waals surface area contributed by atoms with Crippen molar-refractivity contribution in [2.45, 2.75) is 18.7 Å². The molecule has 0 aliphatic rings. The third-order valence-corrected chi connectivity index (χ3v) is 4.83. The summed E-state index contributed by atoms with van der Waals surface area (Å²) in [6, 6.07) is 2.29. The second kappa shape index (κ2) is 6.29. The predicted octanol–water partition coefficient (Wildman–Crippen LogP) is 1.22. The average molecular weight is 382 g/mol. The van der Waals surface area contributed by atoms with E-state index in [4.69, 9.17) is 5.73 Å². The van der Waals surface area contributed by atoms with Crippen molar-refractivity contribution >= 4 is 37.5 Å². The summed E-state index contributed by atoms with van der Waals surface area (Å²) in [5.41, 5.74) is 4.65.